The Morgan fingerprint density at radius 3 is 1.99 bits per heavy atom. The number of aromatic nitrogens is 1. The molecule has 0 bridgehead atoms. The summed E-state index contributed by atoms with van der Waals surface area (Å²) in [5.74, 6) is -5.24. The van der Waals surface area contributed by atoms with Crippen LogP contribution in [-0.4, -0.2) is 119 Å². The number of carbonyl (C=O) groups excluding carboxylic acids is 9. The average Bonchev–Trinajstić information content (AvgIpc) is 3.83. The van der Waals surface area contributed by atoms with Crippen LogP contribution in [0.2, 0.25) is 5.02 Å². The van der Waals surface area contributed by atoms with Crippen molar-refractivity contribution < 1.29 is 43.2 Å². The zero-order chi connectivity index (χ0) is 50.9. The number of primary amides is 1. The minimum Gasteiger partial charge on any atom is -0.368 e. The summed E-state index contributed by atoms with van der Waals surface area (Å²) in [5.41, 5.74) is 13.2. The van der Waals surface area contributed by atoms with Crippen LogP contribution in [-0.2, 0) is 57.6 Å². The first kappa shape index (κ1) is 53.5. The molecule has 0 unspecified atom stereocenters. The fourth-order valence-corrected chi connectivity index (χ4v) is 7.92. The van der Waals surface area contributed by atoms with E-state index in [1.807, 2.05) is 42.5 Å². The molecule has 5 rings (SSSR count). The van der Waals surface area contributed by atoms with Crippen molar-refractivity contribution in [1.82, 2.24) is 47.1 Å². The van der Waals surface area contributed by atoms with E-state index in [0.29, 0.717) is 35.7 Å². The van der Waals surface area contributed by atoms with Gasteiger partial charge in [0.15, 0.2) is 0 Å². The van der Waals surface area contributed by atoms with E-state index in [-0.39, 0.29) is 38.6 Å². The molecule has 10 amide bonds. The first-order valence-corrected chi connectivity index (χ1v) is 23.3. The lowest BCUT2D eigenvalue weighted by Gasteiger charge is -2.27. The molecule has 1 saturated heterocycles. The van der Waals surface area contributed by atoms with E-state index in [0.717, 1.165) is 16.3 Å². The third-order valence-corrected chi connectivity index (χ3v) is 11.9. The monoisotopic (exact) mass is 981 g/mol. The lowest BCUT2D eigenvalue weighted by atomic mass is 9.99. The first-order valence-electron chi connectivity index (χ1n) is 22.9. The van der Waals surface area contributed by atoms with E-state index in [1.165, 1.54) is 31.9 Å². The predicted octanol–water partition coefficient (Wildman–Crippen LogP) is 0.809. The van der Waals surface area contributed by atoms with Crippen molar-refractivity contribution in [3.05, 3.63) is 113 Å². The van der Waals surface area contributed by atoms with Gasteiger partial charge in [-0.3, -0.25) is 48.7 Å². The highest BCUT2D eigenvalue weighted by Gasteiger charge is 2.37. The van der Waals surface area contributed by atoms with Gasteiger partial charge in [-0.15, -0.1) is 0 Å². The fourth-order valence-electron chi connectivity index (χ4n) is 7.79. The van der Waals surface area contributed by atoms with Crippen molar-refractivity contribution in [1.29, 1.82) is 0 Å². The summed E-state index contributed by atoms with van der Waals surface area (Å²) in [4.78, 5) is 123. The van der Waals surface area contributed by atoms with Crippen molar-refractivity contribution in [3.8, 4) is 0 Å². The molecule has 11 N–H and O–H groups in total. The quantitative estimate of drug-likeness (QED) is 0.0497. The normalized spacial score (nSPS) is 15.7. The maximum atomic E-state index is 14.3. The largest absolute Gasteiger partial charge is 0.368 e. The molecule has 70 heavy (non-hydrogen) atoms. The van der Waals surface area contributed by atoms with Gasteiger partial charge in [0.05, 0.1) is 6.04 Å². The lowest BCUT2D eigenvalue weighted by molar-refractivity contribution is -0.140. The zero-order valence-corrected chi connectivity index (χ0v) is 39.9. The van der Waals surface area contributed by atoms with Crippen LogP contribution < -0.4 is 48.7 Å². The maximum absolute atomic E-state index is 14.3. The molecule has 1 aliphatic heterocycles. The number of pyridine rings is 1. The highest BCUT2D eigenvalue weighted by atomic mass is 35.5. The number of nitrogens with two attached hydrogens (primary N) is 2. The molecule has 20 nitrogen and oxygen atoms in total. The molecular formula is C49H60ClN11O9. The lowest BCUT2D eigenvalue weighted by Crippen LogP contribution is -2.59. The van der Waals surface area contributed by atoms with Crippen LogP contribution >= 0.6 is 11.6 Å². The maximum Gasteiger partial charge on any atom is 0.321 e. The summed E-state index contributed by atoms with van der Waals surface area (Å²) in [6.45, 7) is 4.39. The number of imide groups is 1. The third-order valence-electron chi connectivity index (χ3n) is 11.6. The Morgan fingerprint density at radius 2 is 1.33 bits per heavy atom. The van der Waals surface area contributed by atoms with Crippen LogP contribution in [0.3, 0.4) is 0 Å². The summed E-state index contributed by atoms with van der Waals surface area (Å²) < 4.78 is 0. The number of nitrogens with one attached hydrogen (secondary N) is 7. The Balaban J connectivity index is 1.20. The molecule has 3 aromatic carbocycles. The Labute approximate surface area is 410 Å². The summed E-state index contributed by atoms with van der Waals surface area (Å²) in [5, 5.41) is 20.3. The van der Waals surface area contributed by atoms with Crippen LogP contribution in [0.1, 0.15) is 63.3 Å². The molecule has 1 aromatic heterocycles. The Hall–Kier alpha value is -7.45. The fraction of sp³-hybridized carbons (Fsp3) is 0.388. The summed E-state index contributed by atoms with van der Waals surface area (Å²) >= 11 is 6.14. The highest BCUT2D eigenvalue weighted by molar-refractivity contribution is 6.30. The number of hydrogen-bond acceptors (Lipinski definition) is 11. The van der Waals surface area contributed by atoms with Gasteiger partial charge in [0, 0.05) is 56.2 Å². The van der Waals surface area contributed by atoms with Gasteiger partial charge in [-0.05, 0) is 85.7 Å². The van der Waals surface area contributed by atoms with Gasteiger partial charge < -0.3 is 48.3 Å². The van der Waals surface area contributed by atoms with E-state index in [4.69, 9.17) is 23.1 Å². The highest BCUT2D eigenvalue weighted by Crippen LogP contribution is 2.20. The molecule has 0 radical (unpaired) electrons. The minimum atomic E-state index is -1.34. The van der Waals surface area contributed by atoms with Crippen molar-refractivity contribution >= 4 is 75.7 Å². The Bertz CT molecular complexity index is 2530. The second-order valence-corrected chi connectivity index (χ2v) is 17.6. The van der Waals surface area contributed by atoms with Gasteiger partial charge in [-0.25, -0.2) is 4.79 Å². The number of nitrogens with zero attached hydrogens (tertiary/aromatic N) is 2. The Kier molecular flexibility index (Phi) is 19.7. The average molecular weight is 983 g/mol. The van der Waals surface area contributed by atoms with Crippen LogP contribution in [0.15, 0.2) is 91.1 Å². The first-order chi connectivity index (χ1) is 33.4. The van der Waals surface area contributed by atoms with Crippen molar-refractivity contribution in [2.45, 2.75) is 108 Å². The summed E-state index contributed by atoms with van der Waals surface area (Å²) in [6, 6.07) is 16.4. The van der Waals surface area contributed by atoms with Gasteiger partial charge in [-0.1, -0.05) is 72.3 Å². The second-order valence-electron chi connectivity index (χ2n) is 17.2. The number of benzene rings is 3. The molecule has 4 aromatic rings. The van der Waals surface area contributed by atoms with Gasteiger partial charge in [0.25, 0.3) is 0 Å². The third kappa shape index (κ3) is 16.1. The number of rotatable bonds is 22. The van der Waals surface area contributed by atoms with Gasteiger partial charge in [0.1, 0.15) is 36.3 Å². The van der Waals surface area contributed by atoms with E-state index in [2.05, 4.69) is 42.2 Å². The smallest absolute Gasteiger partial charge is 0.321 e. The van der Waals surface area contributed by atoms with Crippen LogP contribution in [0.25, 0.3) is 10.8 Å². The number of hydrogen-bond donors (Lipinski definition) is 9. The van der Waals surface area contributed by atoms with Crippen LogP contribution in [0.5, 0.6) is 0 Å². The van der Waals surface area contributed by atoms with Crippen molar-refractivity contribution in [3.63, 3.8) is 0 Å². The van der Waals surface area contributed by atoms with Gasteiger partial charge in [-0.2, -0.15) is 0 Å². The molecule has 372 valence electrons. The molecular weight excluding hydrogens is 922 g/mol. The molecule has 21 heteroatoms. The van der Waals surface area contributed by atoms with Crippen molar-refractivity contribution in [2.24, 2.45) is 11.5 Å². The molecule has 0 saturated carbocycles. The van der Waals surface area contributed by atoms with Gasteiger partial charge in [0.2, 0.25) is 47.3 Å². The van der Waals surface area contributed by atoms with E-state index in [9.17, 15) is 43.2 Å². The number of fused-ring (bicyclic) bond motifs is 1. The molecule has 0 spiro atoms. The number of likely N-dealkylation sites (tertiary alicyclic amines) is 1. The SMILES string of the molecule is CC(=O)N[C@H](Cc1ccc2ccccc2c1)C(=O)N[C@H](Cc1ccc(Cl)cc1)C(=O)N[C@H](Cc1ccccn1)C(=O)N[C@H](C)C(=O)NC(=O)NCCC[C@H](N)C(=O)N1CCC[C@H]1C(=O)N[C@H](C)C(N)=O. The summed E-state index contributed by atoms with van der Waals surface area (Å²) in [7, 11) is 0. The predicted molar refractivity (Wildman–Crippen MR) is 260 cm³/mol. The van der Waals surface area contributed by atoms with E-state index >= 15 is 0 Å². The molecule has 2 heterocycles. The number of amides is 10. The topological polar surface area (TPSA) is 306 Å². The molecule has 1 fully saturated rings. The molecule has 0 aliphatic carbocycles. The number of halogens is 1. The van der Waals surface area contributed by atoms with E-state index < -0.39 is 95.6 Å². The van der Waals surface area contributed by atoms with Crippen LogP contribution in [0.4, 0.5) is 4.79 Å². The molecule has 7 atom stereocenters. The number of urea groups is 1. The minimum absolute atomic E-state index is 0.0157. The standard InChI is InChI=1S/C49H60ClN11O9/c1-28(42(52)63)55-47(68)41-14-9-23-61(41)48(69)37(51)13-8-22-54-49(70)60-43(64)29(2)56-44(65)40(27-36-12-6-7-21-53-36)59-46(67)39(25-31-16-19-35(50)20-17-31)58-45(66)38(57-30(3)62)26-32-15-18-33-10-4-5-11-34(33)24-32/h4-7,10-12,15-21,24,28-29,37-41H,8-9,13-14,22-23,25-27,51H2,1-3H3,(H2,52,63)(H,55,68)(H,56,65)(H,57,62)(H,58,66)(H,59,67)(H2,54,60,64,70)/t28-,29-,37+,38-,39-,40-,41+/m1/s1. The van der Waals surface area contributed by atoms with Gasteiger partial charge >= 0.3 is 6.03 Å². The van der Waals surface area contributed by atoms with Crippen molar-refractivity contribution in [2.75, 3.05) is 13.1 Å². The second kappa shape index (κ2) is 25.8. The number of carbonyl (C=O) groups is 9. The zero-order valence-electron chi connectivity index (χ0n) is 39.2. The van der Waals surface area contributed by atoms with Crippen LogP contribution in [0, 0.1) is 0 Å². The molecule has 1 aliphatic rings. The van der Waals surface area contributed by atoms with E-state index in [1.54, 1.807) is 42.5 Å². The summed E-state index contributed by atoms with van der Waals surface area (Å²) in [6.07, 6.45) is 2.77. The Morgan fingerprint density at radius 1 is 0.714 bits per heavy atom.